The van der Waals surface area contributed by atoms with E-state index < -0.39 is 17.7 Å². The Labute approximate surface area is 180 Å². The first-order valence-electron chi connectivity index (χ1n) is 10.1. The molecule has 31 heavy (non-hydrogen) atoms. The van der Waals surface area contributed by atoms with Crippen molar-refractivity contribution < 1.29 is 24.0 Å². The summed E-state index contributed by atoms with van der Waals surface area (Å²) in [5.41, 5.74) is 1.31. The number of hydrogen-bond acceptors (Lipinski definition) is 4. The molecule has 0 saturated carbocycles. The number of nitrogens with zero attached hydrogens (tertiary/aromatic N) is 2. The number of aliphatic hydroxyl groups excluding tert-OH is 1. The number of carbonyl (C=O) groups is 2. The molecule has 3 aromatic rings. The van der Waals surface area contributed by atoms with Crippen molar-refractivity contribution in [2.75, 3.05) is 13.7 Å². The lowest BCUT2D eigenvalue weighted by molar-refractivity contribution is -0.695. The number of H-pyrrole nitrogens is 1. The van der Waals surface area contributed by atoms with E-state index >= 15 is 0 Å². The van der Waals surface area contributed by atoms with Gasteiger partial charge in [0.05, 0.1) is 25.3 Å². The Morgan fingerprint density at radius 2 is 1.97 bits per heavy atom. The molecule has 2 heterocycles. The topological polar surface area (TPSA) is 86.5 Å². The fourth-order valence-corrected chi connectivity index (χ4v) is 3.90. The molecule has 0 radical (unpaired) electrons. The molecule has 0 spiro atoms. The Morgan fingerprint density at radius 1 is 1.16 bits per heavy atom. The van der Waals surface area contributed by atoms with E-state index in [9.17, 15) is 14.7 Å². The summed E-state index contributed by atoms with van der Waals surface area (Å²) < 4.78 is 7.21. The van der Waals surface area contributed by atoms with Gasteiger partial charge >= 0.3 is 0 Å². The molecule has 1 fully saturated rings. The van der Waals surface area contributed by atoms with Gasteiger partial charge in [-0.3, -0.25) is 14.6 Å². The molecule has 7 nitrogen and oxygen atoms in total. The van der Waals surface area contributed by atoms with Crippen molar-refractivity contribution in [1.29, 1.82) is 0 Å². The highest BCUT2D eigenvalue weighted by molar-refractivity contribution is 6.46. The minimum Gasteiger partial charge on any atom is -0.507 e. The summed E-state index contributed by atoms with van der Waals surface area (Å²) in [4.78, 5) is 30.5. The van der Waals surface area contributed by atoms with Crippen LogP contribution in [-0.4, -0.2) is 40.3 Å². The van der Waals surface area contributed by atoms with Gasteiger partial charge in [0.2, 0.25) is 6.33 Å². The van der Waals surface area contributed by atoms with Crippen molar-refractivity contribution in [3.8, 4) is 5.75 Å². The second kappa shape index (κ2) is 8.87. The number of ketones is 1. The van der Waals surface area contributed by atoms with Crippen LogP contribution in [0.25, 0.3) is 5.76 Å². The first-order valence-corrected chi connectivity index (χ1v) is 10.1. The average Bonchev–Trinajstić information content (AvgIpc) is 3.41. The van der Waals surface area contributed by atoms with Crippen LogP contribution in [0.5, 0.6) is 5.75 Å². The number of methoxy groups -OCH3 is 1. The van der Waals surface area contributed by atoms with Gasteiger partial charge in [-0.25, -0.2) is 4.57 Å². The van der Waals surface area contributed by atoms with Gasteiger partial charge in [-0.15, -0.1) is 0 Å². The summed E-state index contributed by atoms with van der Waals surface area (Å²) in [5, 5.41) is 11.1. The summed E-state index contributed by atoms with van der Waals surface area (Å²) in [6.07, 6.45) is 6.24. The van der Waals surface area contributed by atoms with Crippen LogP contribution in [0.3, 0.4) is 0 Å². The van der Waals surface area contributed by atoms with E-state index in [0.29, 0.717) is 30.8 Å². The zero-order chi connectivity index (χ0) is 21.8. The highest BCUT2D eigenvalue weighted by Crippen LogP contribution is 2.39. The van der Waals surface area contributed by atoms with Gasteiger partial charge in [0.15, 0.2) is 0 Å². The first kappa shape index (κ1) is 20.4. The van der Waals surface area contributed by atoms with Crippen LogP contribution in [0.1, 0.15) is 23.6 Å². The number of aromatic nitrogens is 2. The molecule has 1 aliphatic heterocycles. The van der Waals surface area contributed by atoms with Crippen LogP contribution in [0.4, 0.5) is 0 Å². The zero-order valence-corrected chi connectivity index (χ0v) is 17.2. The number of rotatable bonds is 7. The summed E-state index contributed by atoms with van der Waals surface area (Å²) in [5.74, 6) is -0.924. The number of aryl methyl sites for hydroxylation is 1. The number of likely N-dealkylation sites (tertiary alicyclic amines) is 1. The largest absolute Gasteiger partial charge is 0.507 e. The number of hydrogen-bond donors (Lipinski definition) is 2. The van der Waals surface area contributed by atoms with Gasteiger partial charge in [-0.05, 0) is 17.7 Å². The molecule has 1 aromatic heterocycles. The van der Waals surface area contributed by atoms with Crippen molar-refractivity contribution in [2.45, 2.75) is 19.0 Å². The van der Waals surface area contributed by atoms with E-state index in [2.05, 4.69) is 4.98 Å². The van der Waals surface area contributed by atoms with Gasteiger partial charge in [-0.2, -0.15) is 0 Å². The van der Waals surface area contributed by atoms with E-state index in [1.54, 1.807) is 29.2 Å². The Kier molecular flexibility index (Phi) is 5.84. The normalized spacial score (nSPS) is 17.8. The second-order valence-corrected chi connectivity index (χ2v) is 7.34. The molecule has 1 saturated heterocycles. The van der Waals surface area contributed by atoms with Gasteiger partial charge in [0.25, 0.3) is 11.7 Å². The number of ether oxygens (including phenoxy) is 1. The van der Waals surface area contributed by atoms with Crippen molar-refractivity contribution in [2.24, 2.45) is 0 Å². The third-order valence-corrected chi connectivity index (χ3v) is 5.42. The maximum absolute atomic E-state index is 13.0. The van der Waals surface area contributed by atoms with E-state index in [0.717, 1.165) is 5.56 Å². The molecule has 1 aliphatic rings. The summed E-state index contributed by atoms with van der Waals surface area (Å²) in [6, 6.07) is 15.5. The number of imidazole rings is 1. The fourth-order valence-electron chi connectivity index (χ4n) is 3.90. The number of aromatic amines is 1. The van der Waals surface area contributed by atoms with Crippen LogP contribution in [0, 0.1) is 0 Å². The lowest BCUT2D eigenvalue weighted by Crippen LogP contribution is -2.36. The molecular formula is C24H24N3O4+. The van der Waals surface area contributed by atoms with Crippen LogP contribution < -0.4 is 9.30 Å². The highest BCUT2D eigenvalue weighted by atomic mass is 16.5. The lowest BCUT2D eigenvalue weighted by Gasteiger charge is -2.25. The Morgan fingerprint density at radius 3 is 2.68 bits per heavy atom. The smallest absolute Gasteiger partial charge is 0.295 e. The van der Waals surface area contributed by atoms with Gasteiger partial charge in [-0.1, -0.05) is 42.5 Å². The molecule has 158 valence electrons. The number of aliphatic hydroxyl groups is 1. The highest BCUT2D eigenvalue weighted by Gasteiger charge is 2.45. The van der Waals surface area contributed by atoms with Gasteiger partial charge in [0.1, 0.15) is 23.9 Å². The average molecular weight is 418 g/mol. The van der Waals surface area contributed by atoms with E-state index in [-0.39, 0.29) is 11.3 Å². The Balaban J connectivity index is 1.72. The van der Waals surface area contributed by atoms with Crippen molar-refractivity contribution in [3.05, 3.63) is 90.0 Å². The van der Waals surface area contributed by atoms with Crippen LogP contribution in [-0.2, 0) is 16.1 Å². The predicted molar refractivity (Wildman–Crippen MR) is 114 cm³/mol. The number of Topliss-reactive ketones (excluding diaryl/α,β-unsaturated/α-hetero) is 1. The molecule has 4 rings (SSSR count). The predicted octanol–water partition coefficient (Wildman–Crippen LogP) is 2.82. The Bertz CT molecular complexity index is 1110. The third kappa shape index (κ3) is 4.07. The molecule has 1 unspecified atom stereocenters. The van der Waals surface area contributed by atoms with Crippen LogP contribution >= 0.6 is 0 Å². The lowest BCUT2D eigenvalue weighted by atomic mass is 9.95. The molecule has 0 aliphatic carbocycles. The molecule has 1 atom stereocenters. The SMILES string of the molecule is COc1cccc(/C(O)=C2\C(=O)C(=O)N(CCC[n+]3cc[nH]c3)C2c2ccccc2)c1. The maximum atomic E-state index is 13.0. The monoisotopic (exact) mass is 418 g/mol. The summed E-state index contributed by atoms with van der Waals surface area (Å²) >= 11 is 0. The second-order valence-electron chi connectivity index (χ2n) is 7.34. The standard InChI is InChI=1S/C24H23N3O4/c1-31-19-10-5-9-18(15-19)22(28)20-21(17-7-3-2-4-8-17)27(24(30)23(20)29)13-6-12-26-14-11-25-16-26/h2-5,7-11,14-16,21H,6,12-13H2,1H3,(H,28,29)/p+1. The molecule has 0 bridgehead atoms. The molecular weight excluding hydrogens is 394 g/mol. The quantitative estimate of drug-likeness (QED) is 0.267. The fraction of sp³-hybridized carbons (Fsp3) is 0.208. The minimum atomic E-state index is -0.677. The minimum absolute atomic E-state index is 0.0961. The molecule has 2 N–H and O–H groups in total. The zero-order valence-electron chi connectivity index (χ0n) is 17.2. The summed E-state index contributed by atoms with van der Waals surface area (Å²) in [7, 11) is 1.53. The number of benzene rings is 2. The maximum Gasteiger partial charge on any atom is 0.295 e. The van der Waals surface area contributed by atoms with E-state index in [1.165, 1.54) is 7.11 Å². The van der Waals surface area contributed by atoms with Crippen LogP contribution in [0.15, 0.2) is 78.9 Å². The van der Waals surface area contributed by atoms with Crippen molar-refractivity contribution in [1.82, 2.24) is 9.88 Å². The van der Waals surface area contributed by atoms with Crippen molar-refractivity contribution >= 4 is 17.4 Å². The van der Waals surface area contributed by atoms with E-state index in [1.807, 2.05) is 53.6 Å². The van der Waals surface area contributed by atoms with Crippen molar-refractivity contribution in [3.63, 3.8) is 0 Å². The molecule has 1 amide bonds. The van der Waals surface area contributed by atoms with Gasteiger partial charge in [0, 0.05) is 18.5 Å². The Hall–Kier alpha value is -3.87. The number of carbonyl (C=O) groups excluding carboxylic acids is 2. The number of nitrogens with one attached hydrogen (secondary N) is 1. The number of amides is 1. The summed E-state index contributed by atoms with van der Waals surface area (Å²) in [6.45, 7) is 1.08. The molecule has 7 heteroatoms. The third-order valence-electron chi connectivity index (χ3n) is 5.42. The van der Waals surface area contributed by atoms with Gasteiger partial charge < -0.3 is 14.7 Å². The van der Waals surface area contributed by atoms with E-state index in [4.69, 9.17) is 4.74 Å². The molecule has 2 aromatic carbocycles. The van der Waals surface area contributed by atoms with Crippen LogP contribution in [0.2, 0.25) is 0 Å². The first-order chi connectivity index (χ1) is 15.1.